The second-order valence-electron chi connectivity index (χ2n) is 5.19. The van der Waals surface area contributed by atoms with E-state index in [0.717, 1.165) is 13.0 Å². The number of likely N-dealkylation sites (N-methyl/N-ethyl adjacent to an activating group) is 1. The first-order chi connectivity index (χ1) is 8.50. The van der Waals surface area contributed by atoms with E-state index in [-0.39, 0.29) is 11.8 Å². The minimum Gasteiger partial charge on any atom is -0.481 e. The Morgan fingerprint density at radius 2 is 1.89 bits per heavy atom. The molecule has 1 unspecified atom stereocenters. The summed E-state index contributed by atoms with van der Waals surface area (Å²) < 4.78 is 0. The fourth-order valence-corrected chi connectivity index (χ4v) is 1.97. The molecule has 0 aliphatic rings. The van der Waals surface area contributed by atoms with E-state index in [9.17, 15) is 4.79 Å². The van der Waals surface area contributed by atoms with Gasteiger partial charge < -0.3 is 10.0 Å². The Labute approximate surface area is 109 Å². The Balaban J connectivity index is 2.41. The molecule has 0 bridgehead atoms. The van der Waals surface area contributed by atoms with Gasteiger partial charge >= 0.3 is 5.97 Å². The second-order valence-corrected chi connectivity index (χ2v) is 5.19. The first-order valence-electron chi connectivity index (χ1n) is 6.46. The molecule has 0 saturated heterocycles. The molecule has 0 aliphatic carbocycles. The van der Waals surface area contributed by atoms with Crippen LogP contribution in [0.2, 0.25) is 0 Å². The van der Waals surface area contributed by atoms with Crippen LogP contribution in [0.5, 0.6) is 0 Å². The Morgan fingerprint density at radius 1 is 1.28 bits per heavy atom. The van der Waals surface area contributed by atoms with Crippen LogP contribution in [0.3, 0.4) is 0 Å². The van der Waals surface area contributed by atoms with Gasteiger partial charge in [-0.05, 0) is 24.9 Å². The molecule has 1 aromatic carbocycles. The van der Waals surface area contributed by atoms with Crippen LogP contribution in [0.25, 0.3) is 0 Å². The normalized spacial score (nSPS) is 12.9. The topological polar surface area (TPSA) is 40.5 Å². The molecule has 0 fully saturated rings. The highest BCUT2D eigenvalue weighted by Gasteiger charge is 2.22. The van der Waals surface area contributed by atoms with Crippen molar-refractivity contribution in [3.8, 4) is 0 Å². The summed E-state index contributed by atoms with van der Waals surface area (Å²) in [6.07, 6.45) is 0.960. The molecule has 100 valence electrons. The smallest absolute Gasteiger partial charge is 0.308 e. The molecule has 1 rings (SSSR count). The maximum Gasteiger partial charge on any atom is 0.308 e. The predicted molar refractivity (Wildman–Crippen MR) is 73.6 cm³/mol. The van der Waals surface area contributed by atoms with Gasteiger partial charge in [0.1, 0.15) is 0 Å². The number of carbonyl (C=O) groups is 1. The van der Waals surface area contributed by atoms with Crippen LogP contribution in [0.4, 0.5) is 0 Å². The van der Waals surface area contributed by atoms with Crippen LogP contribution in [0, 0.1) is 11.8 Å². The summed E-state index contributed by atoms with van der Waals surface area (Å²) in [5.41, 5.74) is 1.29. The fourth-order valence-electron chi connectivity index (χ4n) is 1.97. The molecule has 1 N–H and O–H groups in total. The predicted octanol–water partition coefficient (Wildman–Crippen LogP) is 2.52. The molecule has 3 heteroatoms. The van der Waals surface area contributed by atoms with Crippen LogP contribution in [0.15, 0.2) is 30.3 Å². The van der Waals surface area contributed by atoms with Crippen LogP contribution in [-0.4, -0.2) is 36.1 Å². The number of aliphatic carboxylic acids is 1. The number of rotatable bonds is 7. The number of nitrogens with zero attached hydrogens (tertiary/aromatic N) is 1. The van der Waals surface area contributed by atoms with Crippen molar-refractivity contribution in [1.82, 2.24) is 4.90 Å². The lowest BCUT2D eigenvalue weighted by atomic mass is 9.95. The zero-order valence-electron chi connectivity index (χ0n) is 11.5. The lowest BCUT2D eigenvalue weighted by Gasteiger charge is -2.23. The molecule has 0 saturated carbocycles. The summed E-state index contributed by atoms with van der Waals surface area (Å²) in [5.74, 6) is -0.816. The molecular formula is C15H23NO2. The third-order valence-corrected chi connectivity index (χ3v) is 3.26. The number of benzene rings is 1. The van der Waals surface area contributed by atoms with Gasteiger partial charge in [-0.3, -0.25) is 4.79 Å². The average molecular weight is 249 g/mol. The number of hydrogen-bond donors (Lipinski definition) is 1. The van der Waals surface area contributed by atoms with Gasteiger partial charge in [0.25, 0.3) is 0 Å². The van der Waals surface area contributed by atoms with Gasteiger partial charge in [0.15, 0.2) is 0 Å². The third-order valence-electron chi connectivity index (χ3n) is 3.26. The third kappa shape index (κ3) is 4.88. The Bertz CT molecular complexity index is 362. The van der Waals surface area contributed by atoms with Crippen LogP contribution in [-0.2, 0) is 11.2 Å². The van der Waals surface area contributed by atoms with Gasteiger partial charge in [-0.15, -0.1) is 0 Å². The van der Waals surface area contributed by atoms with E-state index in [0.29, 0.717) is 6.54 Å². The van der Waals surface area contributed by atoms with Crippen molar-refractivity contribution in [2.75, 3.05) is 20.1 Å². The van der Waals surface area contributed by atoms with Crippen molar-refractivity contribution in [2.24, 2.45) is 11.8 Å². The largest absolute Gasteiger partial charge is 0.481 e. The molecule has 1 aromatic rings. The number of carboxylic acid groups (broad SMARTS) is 1. The molecular weight excluding hydrogens is 226 g/mol. The van der Waals surface area contributed by atoms with Gasteiger partial charge in [0.05, 0.1) is 5.92 Å². The molecule has 1 atom stereocenters. The van der Waals surface area contributed by atoms with Crippen molar-refractivity contribution in [2.45, 2.75) is 20.3 Å². The van der Waals surface area contributed by atoms with E-state index in [1.807, 2.05) is 39.1 Å². The SMILES string of the molecule is CC(C)C(CN(C)CCc1ccccc1)C(=O)O. The number of hydrogen-bond acceptors (Lipinski definition) is 2. The molecule has 0 spiro atoms. The molecule has 18 heavy (non-hydrogen) atoms. The van der Waals surface area contributed by atoms with E-state index < -0.39 is 5.97 Å². The van der Waals surface area contributed by atoms with Gasteiger partial charge in [-0.2, -0.15) is 0 Å². The summed E-state index contributed by atoms with van der Waals surface area (Å²) >= 11 is 0. The lowest BCUT2D eigenvalue weighted by molar-refractivity contribution is -0.143. The van der Waals surface area contributed by atoms with Crippen molar-refractivity contribution in [1.29, 1.82) is 0 Å². The standard InChI is InChI=1S/C15H23NO2/c1-12(2)14(15(17)18)11-16(3)10-9-13-7-5-4-6-8-13/h4-8,12,14H,9-11H2,1-3H3,(H,17,18). The molecule has 0 radical (unpaired) electrons. The van der Waals surface area contributed by atoms with E-state index >= 15 is 0 Å². The summed E-state index contributed by atoms with van der Waals surface area (Å²) in [6.45, 7) is 5.42. The first kappa shape index (κ1) is 14.7. The highest BCUT2D eigenvalue weighted by atomic mass is 16.4. The van der Waals surface area contributed by atoms with Gasteiger partial charge in [-0.1, -0.05) is 44.2 Å². The molecule has 0 amide bonds. The fraction of sp³-hybridized carbons (Fsp3) is 0.533. The van der Waals surface area contributed by atoms with Crippen LogP contribution < -0.4 is 0 Å². The van der Waals surface area contributed by atoms with Crippen molar-refractivity contribution in [3.05, 3.63) is 35.9 Å². The maximum absolute atomic E-state index is 11.1. The molecule has 0 aliphatic heterocycles. The lowest BCUT2D eigenvalue weighted by Crippen LogP contribution is -2.34. The summed E-state index contributed by atoms with van der Waals surface area (Å²) in [4.78, 5) is 13.2. The van der Waals surface area contributed by atoms with Crippen LogP contribution in [0.1, 0.15) is 19.4 Å². The molecule has 3 nitrogen and oxygen atoms in total. The minimum atomic E-state index is -0.698. The average Bonchev–Trinajstić information content (AvgIpc) is 2.34. The Hall–Kier alpha value is -1.35. The van der Waals surface area contributed by atoms with Gasteiger partial charge in [0.2, 0.25) is 0 Å². The quantitative estimate of drug-likeness (QED) is 0.807. The minimum absolute atomic E-state index is 0.168. The van der Waals surface area contributed by atoms with Gasteiger partial charge in [-0.25, -0.2) is 0 Å². The van der Waals surface area contributed by atoms with Crippen molar-refractivity contribution < 1.29 is 9.90 Å². The monoisotopic (exact) mass is 249 g/mol. The number of carboxylic acids is 1. The highest BCUT2D eigenvalue weighted by molar-refractivity contribution is 5.70. The maximum atomic E-state index is 11.1. The van der Waals surface area contributed by atoms with Gasteiger partial charge in [0, 0.05) is 13.1 Å². The van der Waals surface area contributed by atoms with E-state index in [4.69, 9.17) is 5.11 Å². The summed E-state index contributed by atoms with van der Waals surface area (Å²) in [6, 6.07) is 10.3. The molecule has 0 aromatic heterocycles. The summed E-state index contributed by atoms with van der Waals surface area (Å²) in [5, 5.41) is 9.15. The summed E-state index contributed by atoms with van der Waals surface area (Å²) in [7, 11) is 1.99. The van der Waals surface area contributed by atoms with E-state index in [1.54, 1.807) is 0 Å². The molecule has 0 heterocycles. The van der Waals surface area contributed by atoms with Crippen molar-refractivity contribution in [3.63, 3.8) is 0 Å². The van der Waals surface area contributed by atoms with E-state index in [1.165, 1.54) is 5.56 Å². The first-order valence-corrected chi connectivity index (χ1v) is 6.46. The Kier molecular flexibility index (Phi) is 5.86. The zero-order valence-corrected chi connectivity index (χ0v) is 11.5. The second kappa shape index (κ2) is 7.17. The highest BCUT2D eigenvalue weighted by Crippen LogP contribution is 2.12. The Morgan fingerprint density at radius 3 is 2.39 bits per heavy atom. The van der Waals surface area contributed by atoms with Crippen molar-refractivity contribution >= 4 is 5.97 Å². The van der Waals surface area contributed by atoms with Crippen LogP contribution >= 0.6 is 0 Å². The van der Waals surface area contributed by atoms with E-state index in [2.05, 4.69) is 17.0 Å². The zero-order chi connectivity index (χ0) is 13.5.